The molecule has 0 saturated carbocycles. The maximum Gasteiger partial charge on any atom is 0.641 e. The van der Waals surface area contributed by atoms with Gasteiger partial charge in [0.15, 0.2) is 5.79 Å². The van der Waals surface area contributed by atoms with Crippen molar-refractivity contribution in [2.75, 3.05) is 0 Å². The molecule has 1 aliphatic carbocycles. The van der Waals surface area contributed by atoms with E-state index in [0.717, 1.165) is 5.57 Å². The molecule has 52 valence electrons. The van der Waals surface area contributed by atoms with Gasteiger partial charge in [-0.3, -0.25) is 0 Å². The highest BCUT2D eigenvalue weighted by Crippen LogP contribution is 2.37. The lowest BCUT2D eigenvalue weighted by Gasteiger charge is -2.40. The molecule has 1 saturated heterocycles. The summed E-state index contributed by atoms with van der Waals surface area (Å²) < 4.78 is 9.96. The van der Waals surface area contributed by atoms with Crippen molar-refractivity contribution in [1.82, 2.24) is 0 Å². The molecule has 0 unspecified atom stereocenters. The summed E-state index contributed by atoms with van der Waals surface area (Å²) in [4.78, 5) is 0. The quantitative estimate of drug-likeness (QED) is 0.486. The molecule has 0 radical (unpaired) electrons. The summed E-state index contributed by atoms with van der Waals surface area (Å²) in [5, 5.41) is 8.69. The molecule has 1 fully saturated rings. The van der Waals surface area contributed by atoms with Crippen LogP contribution in [0.15, 0.2) is 23.8 Å². The normalized spacial score (nSPS) is 27.0. The fourth-order valence-corrected chi connectivity index (χ4v) is 1.14. The zero-order chi connectivity index (χ0) is 7.19. The van der Waals surface area contributed by atoms with E-state index in [2.05, 4.69) is 0 Å². The molecular formula is C6H7BO3. The van der Waals surface area contributed by atoms with Crippen molar-refractivity contribution in [3.63, 3.8) is 0 Å². The number of hydrogen-bond acceptors (Lipinski definition) is 3. The molecule has 10 heavy (non-hydrogen) atoms. The van der Waals surface area contributed by atoms with Crippen LogP contribution in [0.1, 0.15) is 6.92 Å². The van der Waals surface area contributed by atoms with Crippen molar-refractivity contribution in [1.29, 1.82) is 0 Å². The van der Waals surface area contributed by atoms with Gasteiger partial charge >= 0.3 is 7.32 Å². The molecule has 4 heteroatoms. The molecule has 0 aromatic heterocycles. The van der Waals surface area contributed by atoms with Gasteiger partial charge in [-0.25, -0.2) is 0 Å². The summed E-state index contributed by atoms with van der Waals surface area (Å²) in [5.74, 6) is -0.723. The molecule has 0 aromatic rings. The Morgan fingerprint density at radius 2 is 2.30 bits per heavy atom. The van der Waals surface area contributed by atoms with Gasteiger partial charge in [0.05, 0.1) is 0 Å². The first-order valence-corrected chi connectivity index (χ1v) is 3.13. The number of allylic oxidation sites excluding steroid dienone is 2. The van der Waals surface area contributed by atoms with Crippen LogP contribution >= 0.6 is 0 Å². The van der Waals surface area contributed by atoms with Crippen molar-refractivity contribution >= 4 is 7.32 Å². The Balaban J connectivity index is 2.19. The Kier molecular flexibility index (Phi) is 1.06. The smallest absolute Gasteiger partial charge is 0.401 e. The van der Waals surface area contributed by atoms with E-state index in [1.807, 2.05) is 19.1 Å². The van der Waals surface area contributed by atoms with Gasteiger partial charge in [-0.1, -0.05) is 12.2 Å². The third kappa shape index (κ3) is 0.609. The third-order valence-corrected chi connectivity index (χ3v) is 1.76. The van der Waals surface area contributed by atoms with E-state index in [1.54, 1.807) is 6.08 Å². The second-order valence-electron chi connectivity index (χ2n) is 2.42. The van der Waals surface area contributed by atoms with Gasteiger partial charge in [0.2, 0.25) is 0 Å². The van der Waals surface area contributed by atoms with Crippen LogP contribution in [0.2, 0.25) is 0 Å². The molecule has 2 rings (SSSR count). The molecule has 3 nitrogen and oxygen atoms in total. The molecule has 1 heterocycles. The van der Waals surface area contributed by atoms with E-state index in [-0.39, 0.29) is 0 Å². The SMILES string of the molecule is CC1=CC=CC12OB(O)O2. The summed E-state index contributed by atoms with van der Waals surface area (Å²) in [6, 6.07) is 0. The van der Waals surface area contributed by atoms with Gasteiger partial charge in [0.1, 0.15) is 0 Å². The van der Waals surface area contributed by atoms with Crippen molar-refractivity contribution in [2.45, 2.75) is 12.7 Å². The zero-order valence-electron chi connectivity index (χ0n) is 5.57. The van der Waals surface area contributed by atoms with Gasteiger partial charge in [0, 0.05) is 0 Å². The predicted octanol–water partition coefficient (Wildman–Crippen LogP) is 0.223. The maximum absolute atomic E-state index is 8.69. The highest BCUT2D eigenvalue weighted by atomic mass is 16.9. The molecule has 2 aliphatic rings. The zero-order valence-corrected chi connectivity index (χ0v) is 5.57. The van der Waals surface area contributed by atoms with E-state index in [1.165, 1.54) is 0 Å². The molecule has 0 bridgehead atoms. The second kappa shape index (κ2) is 1.72. The van der Waals surface area contributed by atoms with Gasteiger partial charge in [-0.05, 0) is 18.6 Å². The van der Waals surface area contributed by atoms with E-state index in [0.29, 0.717) is 0 Å². The summed E-state index contributed by atoms with van der Waals surface area (Å²) in [5.41, 5.74) is 0.970. The fraction of sp³-hybridized carbons (Fsp3) is 0.333. The summed E-state index contributed by atoms with van der Waals surface area (Å²) in [7, 11) is -1.05. The third-order valence-electron chi connectivity index (χ3n) is 1.76. The summed E-state index contributed by atoms with van der Waals surface area (Å²) >= 11 is 0. The standard InChI is InChI=1S/C6H7BO3/c1-5-3-2-4-6(5)9-7(8)10-6/h2-4,8H,1H3. The van der Waals surface area contributed by atoms with E-state index >= 15 is 0 Å². The minimum Gasteiger partial charge on any atom is -0.401 e. The molecule has 1 aliphatic heterocycles. The average molecular weight is 138 g/mol. The van der Waals surface area contributed by atoms with Crippen LogP contribution < -0.4 is 0 Å². The molecule has 1 N–H and O–H groups in total. The lowest BCUT2D eigenvalue weighted by molar-refractivity contribution is -0.179. The van der Waals surface area contributed by atoms with Crippen LogP contribution in [-0.4, -0.2) is 18.1 Å². The lowest BCUT2D eigenvalue weighted by atomic mass is 10.0. The minimum absolute atomic E-state index is 0.723. The number of rotatable bonds is 0. The fourth-order valence-electron chi connectivity index (χ4n) is 1.14. The van der Waals surface area contributed by atoms with Gasteiger partial charge in [-0.2, -0.15) is 0 Å². The molecular weight excluding hydrogens is 131 g/mol. The Labute approximate surface area is 59.1 Å². The topological polar surface area (TPSA) is 38.7 Å². The lowest BCUT2D eigenvalue weighted by Crippen LogP contribution is -2.55. The van der Waals surface area contributed by atoms with Crippen LogP contribution in [0.5, 0.6) is 0 Å². The first kappa shape index (κ1) is 6.16. The van der Waals surface area contributed by atoms with Gasteiger partial charge in [-0.15, -0.1) is 0 Å². The highest BCUT2D eigenvalue weighted by Gasteiger charge is 2.51. The first-order chi connectivity index (χ1) is 4.73. The van der Waals surface area contributed by atoms with Crippen LogP contribution in [-0.2, 0) is 9.31 Å². The van der Waals surface area contributed by atoms with Crippen LogP contribution in [0.4, 0.5) is 0 Å². The Morgan fingerprint density at radius 1 is 1.60 bits per heavy atom. The monoisotopic (exact) mass is 138 g/mol. The average Bonchev–Trinajstić information content (AvgIpc) is 2.12. The molecule has 0 amide bonds. The Bertz CT molecular complexity index is 215. The predicted molar refractivity (Wildman–Crippen MR) is 35.8 cm³/mol. The van der Waals surface area contributed by atoms with Crippen LogP contribution in [0.25, 0.3) is 0 Å². The van der Waals surface area contributed by atoms with Gasteiger partial charge in [0.25, 0.3) is 0 Å². The Hall–Kier alpha value is -0.575. The van der Waals surface area contributed by atoms with Crippen LogP contribution in [0.3, 0.4) is 0 Å². The number of hydrogen-bond donors (Lipinski definition) is 1. The van der Waals surface area contributed by atoms with E-state index < -0.39 is 13.1 Å². The van der Waals surface area contributed by atoms with Crippen molar-refractivity contribution in [2.24, 2.45) is 0 Å². The van der Waals surface area contributed by atoms with Crippen molar-refractivity contribution in [3.8, 4) is 0 Å². The first-order valence-electron chi connectivity index (χ1n) is 3.13. The maximum atomic E-state index is 8.69. The largest absolute Gasteiger partial charge is 0.641 e. The molecule has 0 aromatic carbocycles. The van der Waals surface area contributed by atoms with E-state index in [4.69, 9.17) is 14.3 Å². The Morgan fingerprint density at radius 3 is 2.70 bits per heavy atom. The second-order valence-corrected chi connectivity index (χ2v) is 2.42. The van der Waals surface area contributed by atoms with Crippen molar-refractivity contribution < 1.29 is 14.3 Å². The molecule has 1 spiro atoms. The van der Waals surface area contributed by atoms with Crippen LogP contribution in [0, 0.1) is 0 Å². The minimum atomic E-state index is -1.05. The molecule has 0 atom stereocenters. The van der Waals surface area contributed by atoms with Crippen molar-refractivity contribution in [3.05, 3.63) is 23.8 Å². The van der Waals surface area contributed by atoms with Gasteiger partial charge < -0.3 is 14.3 Å². The summed E-state index contributed by atoms with van der Waals surface area (Å²) in [6.07, 6.45) is 5.52. The van der Waals surface area contributed by atoms with E-state index in [9.17, 15) is 0 Å². The highest BCUT2D eigenvalue weighted by molar-refractivity contribution is 6.37. The summed E-state index contributed by atoms with van der Waals surface area (Å²) in [6.45, 7) is 1.89.